The summed E-state index contributed by atoms with van der Waals surface area (Å²) in [6.45, 7) is -0.156. The van der Waals surface area contributed by atoms with Gasteiger partial charge in [0.15, 0.2) is 0 Å². The summed E-state index contributed by atoms with van der Waals surface area (Å²) in [5, 5.41) is 35.6. The highest BCUT2D eigenvalue weighted by Gasteiger charge is 2.14. The van der Waals surface area contributed by atoms with Crippen molar-refractivity contribution in [1.29, 1.82) is 0 Å². The van der Waals surface area contributed by atoms with Crippen LogP contribution in [0.15, 0.2) is 0 Å². The van der Waals surface area contributed by atoms with Crippen molar-refractivity contribution in [3.8, 4) is 0 Å². The van der Waals surface area contributed by atoms with E-state index in [0.717, 1.165) is 6.42 Å². The van der Waals surface area contributed by atoms with Gasteiger partial charge in [0.2, 0.25) is 0 Å². The molecule has 0 aromatic heterocycles. The van der Waals surface area contributed by atoms with Crippen molar-refractivity contribution >= 4 is 11.9 Å². The fourth-order valence-corrected chi connectivity index (χ4v) is 1.75. The third kappa shape index (κ3) is 12.3. The van der Waals surface area contributed by atoms with Crippen molar-refractivity contribution in [3.63, 3.8) is 0 Å². The highest BCUT2D eigenvalue weighted by molar-refractivity contribution is 5.69. The van der Waals surface area contributed by atoms with Crippen molar-refractivity contribution in [2.45, 2.75) is 63.6 Å². The number of ether oxygens (including phenoxy) is 1. The number of hydrogen-bond donors (Lipinski definition) is 4. The molecular formula is C14H26O7. The van der Waals surface area contributed by atoms with Crippen LogP contribution >= 0.6 is 0 Å². The standard InChI is InChI=1S/C14H26O7/c15-10-12(17)11(16)6-2-1-5-9-21-14(20)8-4-3-7-13(18)19/h11-12,15-17H,1-10H2,(H,18,19). The normalized spacial score (nSPS) is 13.7. The van der Waals surface area contributed by atoms with Gasteiger partial charge in [-0.05, 0) is 32.1 Å². The Bertz CT molecular complexity index is 293. The molecule has 0 bridgehead atoms. The molecule has 2 unspecified atom stereocenters. The van der Waals surface area contributed by atoms with Gasteiger partial charge in [0, 0.05) is 12.8 Å². The van der Waals surface area contributed by atoms with E-state index in [9.17, 15) is 14.7 Å². The van der Waals surface area contributed by atoms with Gasteiger partial charge in [-0.25, -0.2) is 0 Å². The van der Waals surface area contributed by atoms with Crippen molar-refractivity contribution in [2.24, 2.45) is 0 Å². The molecule has 0 aliphatic rings. The van der Waals surface area contributed by atoms with Gasteiger partial charge < -0.3 is 25.2 Å². The summed E-state index contributed by atoms with van der Waals surface area (Å²) in [6.07, 6.45) is 1.74. The summed E-state index contributed by atoms with van der Waals surface area (Å²) in [7, 11) is 0. The predicted octanol–water partition coefficient (Wildman–Crippen LogP) is 0.449. The van der Waals surface area contributed by atoms with Crippen LogP contribution in [0.2, 0.25) is 0 Å². The van der Waals surface area contributed by atoms with Crippen LogP contribution in [0.3, 0.4) is 0 Å². The lowest BCUT2D eigenvalue weighted by atomic mass is 10.1. The van der Waals surface area contributed by atoms with Gasteiger partial charge in [-0.2, -0.15) is 0 Å². The van der Waals surface area contributed by atoms with E-state index in [2.05, 4.69) is 0 Å². The molecule has 0 spiro atoms. The SMILES string of the molecule is O=C(O)CCCCC(=O)OCCCCCC(O)C(O)CO. The number of rotatable bonds is 13. The lowest BCUT2D eigenvalue weighted by Gasteiger charge is -2.14. The third-order valence-corrected chi connectivity index (χ3v) is 3.06. The van der Waals surface area contributed by atoms with Gasteiger partial charge in [0.25, 0.3) is 0 Å². The Hall–Kier alpha value is -1.18. The number of carbonyl (C=O) groups excluding carboxylic acids is 1. The molecule has 0 aliphatic carbocycles. The van der Waals surface area contributed by atoms with E-state index >= 15 is 0 Å². The van der Waals surface area contributed by atoms with E-state index in [-0.39, 0.29) is 18.8 Å². The van der Waals surface area contributed by atoms with E-state index in [0.29, 0.717) is 38.7 Å². The van der Waals surface area contributed by atoms with Crippen LogP contribution in [0.5, 0.6) is 0 Å². The Morgan fingerprint density at radius 1 is 0.905 bits per heavy atom. The first-order valence-electron chi connectivity index (χ1n) is 7.31. The molecule has 0 rings (SSSR count). The largest absolute Gasteiger partial charge is 0.481 e. The highest BCUT2D eigenvalue weighted by Crippen LogP contribution is 2.08. The van der Waals surface area contributed by atoms with E-state index in [1.807, 2.05) is 0 Å². The molecule has 0 aromatic carbocycles. The summed E-state index contributed by atoms with van der Waals surface area (Å²) >= 11 is 0. The number of carbonyl (C=O) groups is 2. The molecule has 0 heterocycles. The maximum absolute atomic E-state index is 11.3. The van der Waals surface area contributed by atoms with E-state index in [1.165, 1.54) is 0 Å². The molecule has 0 amide bonds. The van der Waals surface area contributed by atoms with Crippen LogP contribution in [-0.4, -0.2) is 57.8 Å². The zero-order valence-electron chi connectivity index (χ0n) is 12.2. The average molecular weight is 306 g/mol. The van der Waals surface area contributed by atoms with Crippen LogP contribution < -0.4 is 0 Å². The Morgan fingerprint density at radius 3 is 2.19 bits per heavy atom. The molecule has 0 saturated heterocycles. The summed E-state index contributed by atoms with van der Waals surface area (Å²) < 4.78 is 4.99. The highest BCUT2D eigenvalue weighted by atomic mass is 16.5. The number of carboxylic acid groups (broad SMARTS) is 1. The smallest absolute Gasteiger partial charge is 0.305 e. The number of carboxylic acids is 1. The minimum absolute atomic E-state index is 0.0648. The minimum Gasteiger partial charge on any atom is -0.481 e. The lowest BCUT2D eigenvalue weighted by molar-refractivity contribution is -0.144. The first kappa shape index (κ1) is 19.8. The van der Waals surface area contributed by atoms with E-state index < -0.39 is 24.8 Å². The second-order valence-electron chi connectivity index (χ2n) is 4.99. The second kappa shape index (κ2) is 12.6. The molecule has 124 valence electrons. The number of hydrogen-bond acceptors (Lipinski definition) is 6. The maximum atomic E-state index is 11.3. The van der Waals surface area contributed by atoms with Gasteiger partial charge >= 0.3 is 11.9 Å². The van der Waals surface area contributed by atoms with Crippen molar-refractivity contribution in [2.75, 3.05) is 13.2 Å². The molecule has 7 nitrogen and oxygen atoms in total. The van der Waals surface area contributed by atoms with Crippen molar-refractivity contribution in [1.82, 2.24) is 0 Å². The molecule has 0 aliphatic heterocycles. The lowest BCUT2D eigenvalue weighted by Crippen LogP contribution is -2.29. The number of esters is 1. The third-order valence-electron chi connectivity index (χ3n) is 3.06. The van der Waals surface area contributed by atoms with Crippen LogP contribution in [0.1, 0.15) is 51.4 Å². The van der Waals surface area contributed by atoms with Crippen LogP contribution in [0.4, 0.5) is 0 Å². The number of unbranched alkanes of at least 4 members (excludes halogenated alkanes) is 3. The van der Waals surface area contributed by atoms with Gasteiger partial charge in [0.1, 0.15) is 6.10 Å². The zero-order valence-corrected chi connectivity index (χ0v) is 12.2. The van der Waals surface area contributed by atoms with Gasteiger partial charge in [-0.1, -0.05) is 6.42 Å². The Kier molecular flexibility index (Phi) is 11.8. The van der Waals surface area contributed by atoms with Crippen LogP contribution in [0.25, 0.3) is 0 Å². The molecular weight excluding hydrogens is 280 g/mol. The molecule has 0 fully saturated rings. The van der Waals surface area contributed by atoms with Crippen molar-refractivity contribution in [3.05, 3.63) is 0 Å². The van der Waals surface area contributed by atoms with Gasteiger partial charge in [0.05, 0.1) is 19.3 Å². The fraction of sp³-hybridized carbons (Fsp3) is 0.857. The van der Waals surface area contributed by atoms with Gasteiger partial charge in [-0.3, -0.25) is 9.59 Å². The summed E-state index contributed by atoms with van der Waals surface area (Å²) in [5.41, 5.74) is 0. The Balaban J connectivity index is 3.38. The predicted molar refractivity (Wildman–Crippen MR) is 74.6 cm³/mol. The molecule has 0 aromatic rings. The fourth-order valence-electron chi connectivity index (χ4n) is 1.75. The van der Waals surface area contributed by atoms with Crippen LogP contribution in [-0.2, 0) is 14.3 Å². The summed E-state index contributed by atoms with van der Waals surface area (Å²) in [6, 6.07) is 0. The maximum Gasteiger partial charge on any atom is 0.305 e. The molecule has 0 radical (unpaired) electrons. The molecule has 0 saturated carbocycles. The van der Waals surface area contributed by atoms with Crippen molar-refractivity contribution < 1.29 is 34.8 Å². The van der Waals surface area contributed by atoms with E-state index in [4.69, 9.17) is 20.1 Å². The first-order valence-corrected chi connectivity index (χ1v) is 7.31. The summed E-state index contributed by atoms with van der Waals surface area (Å²) in [5.74, 6) is -1.19. The van der Waals surface area contributed by atoms with Crippen LogP contribution in [0, 0.1) is 0 Å². The second-order valence-corrected chi connectivity index (χ2v) is 4.99. The first-order chi connectivity index (χ1) is 9.97. The molecule has 7 heteroatoms. The van der Waals surface area contributed by atoms with Gasteiger partial charge in [-0.15, -0.1) is 0 Å². The topological polar surface area (TPSA) is 124 Å². The Labute approximate surface area is 124 Å². The Morgan fingerprint density at radius 2 is 1.57 bits per heavy atom. The molecule has 4 N–H and O–H groups in total. The number of aliphatic hydroxyl groups is 3. The van der Waals surface area contributed by atoms with E-state index in [1.54, 1.807) is 0 Å². The molecule has 2 atom stereocenters. The summed E-state index contributed by atoms with van der Waals surface area (Å²) in [4.78, 5) is 21.5. The molecule has 21 heavy (non-hydrogen) atoms. The average Bonchev–Trinajstić information content (AvgIpc) is 2.45. The quantitative estimate of drug-likeness (QED) is 0.287. The monoisotopic (exact) mass is 306 g/mol. The minimum atomic E-state index is -1.10. The number of aliphatic hydroxyl groups excluding tert-OH is 3. The number of aliphatic carboxylic acids is 1. The zero-order chi connectivity index (χ0) is 16.1.